The largest absolute Gasteiger partial charge is 0.457 e. The number of rotatable bonds is 2. The van der Waals surface area contributed by atoms with Crippen molar-refractivity contribution in [3.8, 4) is 11.5 Å². The molecule has 2 aliphatic rings. The van der Waals surface area contributed by atoms with Crippen LogP contribution in [0.1, 0.15) is 23.6 Å². The van der Waals surface area contributed by atoms with Gasteiger partial charge in [0, 0.05) is 30.3 Å². The van der Waals surface area contributed by atoms with Crippen LogP contribution in [0.4, 0.5) is 0 Å². The van der Waals surface area contributed by atoms with Crippen LogP contribution in [0.25, 0.3) is 0 Å². The van der Waals surface area contributed by atoms with Crippen LogP contribution in [0.3, 0.4) is 0 Å². The third-order valence-electron chi connectivity index (χ3n) is 4.64. The highest BCUT2D eigenvalue weighted by Crippen LogP contribution is 2.46. The third kappa shape index (κ3) is 2.13. The number of hydrogen-bond acceptors (Lipinski definition) is 3. The minimum absolute atomic E-state index is 0.310. The number of nitrogens with one attached hydrogen (secondary N) is 1. The van der Waals surface area contributed by atoms with Crippen LogP contribution in [0, 0.1) is 0 Å². The van der Waals surface area contributed by atoms with Crippen LogP contribution in [0.15, 0.2) is 48.5 Å². The lowest BCUT2D eigenvalue weighted by Gasteiger charge is -2.34. The summed E-state index contributed by atoms with van der Waals surface area (Å²) in [5.41, 5.74) is 2.57. The Kier molecular flexibility index (Phi) is 3.17. The first kappa shape index (κ1) is 12.9. The van der Waals surface area contributed by atoms with E-state index < -0.39 is 0 Å². The second kappa shape index (κ2) is 5.17. The third-order valence-corrected chi connectivity index (χ3v) is 4.64. The van der Waals surface area contributed by atoms with Gasteiger partial charge in [-0.3, -0.25) is 4.90 Å². The maximum Gasteiger partial charge on any atom is 0.132 e. The Morgan fingerprint density at radius 1 is 1.00 bits per heavy atom. The van der Waals surface area contributed by atoms with Crippen LogP contribution in [0.2, 0.25) is 0 Å². The molecule has 0 aliphatic carbocycles. The highest BCUT2D eigenvalue weighted by molar-refractivity contribution is 5.53. The number of hydrogen-bond donors (Lipinski definition) is 1. The zero-order valence-corrected chi connectivity index (χ0v) is 12.3. The van der Waals surface area contributed by atoms with Crippen molar-refractivity contribution in [2.45, 2.75) is 18.5 Å². The Balaban J connectivity index is 1.79. The van der Waals surface area contributed by atoms with E-state index in [1.807, 2.05) is 12.1 Å². The summed E-state index contributed by atoms with van der Waals surface area (Å²) in [7, 11) is 2.06. The Bertz CT molecular complexity index is 610. The van der Waals surface area contributed by atoms with Crippen LogP contribution in [-0.4, -0.2) is 31.1 Å². The molecular formula is C18H20N2O. The summed E-state index contributed by atoms with van der Waals surface area (Å²) in [6.45, 7) is 2.21. The number of fused-ring (bicyclic) bond motifs is 2. The SMILES string of the molecule is CNC1CCN(C2c3ccccc3Oc3ccccc32)C1. The second-order valence-corrected chi connectivity index (χ2v) is 5.85. The average Bonchev–Trinajstić information content (AvgIpc) is 3.01. The van der Waals surface area contributed by atoms with Gasteiger partial charge in [-0.05, 0) is 25.6 Å². The van der Waals surface area contributed by atoms with Gasteiger partial charge in [-0.25, -0.2) is 0 Å². The fraction of sp³-hybridized carbons (Fsp3) is 0.333. The molecule has 0 spiro atoms. The van der Waals surface area contributed by atoms with Crippen molar-refractivity contribution in [1.82, 2.24) is 10.2 Å². The van der Waals surface area contributed by atoms with E-state index in [4.69, 9.17) is 4.74 Å². The first-order chi connectivity index (χ1) is 10.4. The minimum Gasteiger partial charge on any atom is -0.457 e. The van der Waals surface area contributed by atoms with Gasteiger partial charge in [0.2, 0.25) is 0 Å². The van der Waals surface area contributed by atoms with Crippen molar-refractivity contribution in [1.29, 1.82) is 0 Å². The van der Waals surface area contributed by atoms with Gasteiger partial charge < -0.3 is 10.1 Å². The van der Waals surface area contributed by atoms with E-state index in [-0.39, 0.29) is 0 Å². The molecular weight excluding hydrogens is 260 g/mol. The summed E-state index contributed by atoms with van der Waals surface area (Å²) in [4.78, 5) is 2.57. The molecule has 0 aromatic heterocycles. The standard InChI is InChI=1S/C18H20N2O/c1-19-13-10-11-20(12-13)18-14-6-2-4-8-16(14)21-17-9-5-3-7-15(17)18/h2-9,13,18-19H,10-12H2,1H3. The molecule has 2 aliphatic heterocycles. The predicted molar refractivity (Wildman–Crippen MR) is 83.8 cm³/mol. The van der Waals surface area contributed by atoms with Gasteiger partial charge in [-0.1, -0.05) is 36.4 Å². The van der Waals surface area contributed by atoms with Gasteiger partial charge in [0.05, 0.1) is 6.04 Å². The van der Waals surface area contributed by atoms with Gasteiger partial charge in [0.15, 0.2) is 0 Å². The van der Waals surface area contributed by atoms with Crippen molar-refractivity contribution < 1.29 is 4.74 Å². The molecule has 1 saturated heterocycles. The molecule has 108 valence electrons. The number of nitrogens with zero attached hydrogens (tertiary/aromatic N) is 1. The van der Waals surface area contributed by atoms with Gasteiger partial charge in [0.1, 0.15) is 11.5 Å². The molecule has 1 atom stereocenters. The van der Waals surface area contributed by atoms with E-state index >= 15 is 0 Å². The summed E-state index contributed by atoms with van der Waals surface area (Å²) in [5, 5.41) is 3.41. The number of benzene rings is 2. The Labute approximate surface area is 125 Å². The van der Waals surface area contributed by atoms with Gasteiger partial charge in [-0.15, -0.1) is 0 Å². The lowest BCUT2D eigenvalue weighted by atomic mass is 9.93. The Morgan fingerprint density at radius 3 is 2.19 bits per heavy atom. The van der Waals surface area contributed by atoms with E-state index in [0.717, 1.165) is 24.6 Å². The molecule has 1 N–H and O–H groups in total. The molecule has 4 rings (SSSR count). The number of likely N-dealkylation sites (N-methyl/N-ethyl adjacent to an activating group) is 1. The lowest BCUT2D eigenvalue weighted by molar-refractivity contribution is 0.255. The van der Waals surface area contributed by atoms with E-state index in [0.29, 0.717) is 12.1 Å². The summed E-state index contributed by atoms with van der Waals surface area (Å²) < 4.78 is 6.08. The number of ether oxygens (including phenoxy) is 1. The van der Waals surface area contributed by atoms with E-state index in [1.54, 1.807) is 0 Å². The fourth-order valence-electron chi connectivity index (χ4n) is 3.54. The predicted octanol–water partition coefficient (Wildman–Crippen LogP) is 3.18. The van der Waals surface area contributed by atoms with Crippen LogP contribution < -0.4 is 10.1 Å². The topological polar surface area (TPSA) is 24.5 Å². The lowest BCUT2D eigenvalue weighted by Crippen LogP contribution is -2.33. The van der Waals surface area contributed by atoms with Crippen LogP contribution >= 0.6 is 0 Å². The van der Waals surface area contributed by atoms with Crippen molar-refractivity contribution in [2.24, 2.45) is 0 Å². The van der Waals surface area contributed by atoms with Crippen molar-refractivity contribution >= 4 is 0 Å². The molecule has 0 bridgehead atoms. The van der Waals surface area contributed by atoms with E-state index in [2.05, 4.69) is 53.7 Å². The monoisotopic (exact) mass is 280 g/mol. The van der Waals surface area contributed by atoms with E-state index in [9.17, 15) is 0 Å². The zero-order valence-electron chi connectivity index (χ0n) is 12.3. The molecule has 0 radical (unpaired) electrons. The molecule has 1 unspecified atom stereocenters. The van der Waals surface area contributed by atoms with Crippen LogP contribution in [-0.2, 0) is 0 Å². The molecule has 3 heteroatoms. The Morgan fingerprint density at radius 2 is 1.62 bits per heavy atom. The molecule has 2 aromatic carbocycles. The molecule has 3 nitrogen and oxygen atoms in total. The van der Waals surface area contributed by atoms with Gasteiger partial charge in [0.25, 0.3) is 0 Å². The maximum atomic E-state index is 6.08. The summed E-state index contributed by atoms with van der Waals surface area (Å²) in [6, 6.07) is 17.7. The summed E-state index contributed by atoms with van der Waals surface area (Å²) >= 11 is 0. The zero-order chi connectivity index (χ0) is 14.2. The first-order valence-corrected chi connectivity index (χ1v) is 7.64. The first-order valence-electron chi connectivity index (χ1n) is 7.64. The number of likely N-dealkylation sites (tertiary alicyclic amines) is 1. The number of para-hydroxylation sites is 2. The quantitative estimate of drug-likeness (QED) is 0.914. The Hall–Kier alpha value is -1.84. The normalized spacial score (nSPS) is 21.7. The average molecular weight is 280 g/mol. The fourth-order valence-corrected chi connectivity index (χ4v) is 3.54. The van der Waals surface area contributed by atoms with E-state index in [1.165, 1.54) is 17.5 Å². The van der Waals surface area contributed by atoms with Crippen LogP contribution in [0.5, 0.6) is 11.5 Å². The highest BCUT2D eigenvalue weighted by Gasteiger charge is 2.35. The molecule has 0 saturated carbocycles. The molecule has 21 heavy (non-hydrogen) atoms. The summed E-state index contributed by atoms with van der Waals surface area (Å²) in [6.07, 6.45) is 1.21. The van der Waals surface area contributed by atoms with Crippen molar-refractivity contribution in [2.75, 3.05) is 20.1 Å². The molecule has 2 aromatic rings. The van der Waals surface area contributed by atoms with Crippen molar-refractivity contribution in [3.63, 3.8) is 0 Å². The minimum atomic E-state index is 0.310. The molecule has 2 heterocycles. The molecule has 1 fully saturated rings. The second-order valence-electron chi connectivity index (χ2n) is 5.85. The maximum absolute atomic E-state index is 6.08. The smallest absolute Gasteiger partial charge is 0.132 e. The highest BCUT2D eigenvalue weighted by atomic mass is 16.5. The van der Waals surface area contributed by atoms with Crippen molar-refractivity contribution in [3.05, 3.63) is 59.7 Å². The van der Waals surface area contributed by atoms with Gasteiger partial charge >= 0.3 is 0 Å². The molecule has 0 amide bonds. The van der Waals surface area contributed by atoms with Gasteiger partial charge in [-0.2, -0.15) is 0 Å². The summed E-state index contributed by atoms with van der Waals surface area (Å²) in [5.74, 6) is 1.99.